The molecule has 1 amide bonds. The molecule has 18 heavy (non-hydrogen) atoms. The van der Waals surface area contributed by atoms with E-state index in [1.54, 1.807) is 0 Å². The largest absolute Gasteiger partial charge is 0.336 e. The lowest BCUT2D eigenvalue weighted by molar-refractivity contribution is -0.136. The molecule has 1 N–H and O–H groups in total. The Kier molecular flexibility index (Phi) is 4.37. The van der Waals surface area contributed by atoms with Crippen molar-refractivity contribution in [2.45, 2.75) is 32.9 Å². The molecule has 3 nitrogen and oxygen atoms in total. The number of benzene rings is 1. The Morgan fingerprint density at radius 3 is 2.72 bits per heavy atom. The van der Waals surface area contributed by atoms with Gasteiger partial charge in [-0.1, -0.05) is 44.2 Å². The van der Waals surface area contributed by atoms with Crippen LogP contribution in [-0.4, -0.2) is 29.9 Å². The van der Waals surface area contributed by atoms with Crippen LogP contribution in [0.15, 0.2) is 30.3 Å². The molecule has 98 valence electrons. The Balaban J connectivity index is 1.98. The predicted molar refractivity (Wildman–Crippen MR) is 73.1 cm³/mol. The van der Waals surface area contributed by atoms with Crippen molar-refractivity contribution < 1.29 is 4.79 Å². The third kappa shape index (κ3) is 3.33. The zero-order valence-electron chi connectivity index (χ0n) is 11.2. The number of carbonyl (C=O) groups excluding carboxylic acids is 1. The Hall–Kier alpha value is -1.35. The molecule has 0 bridgehead atoms. The molecule has 1 saturated heterocycles. The summed E-state index contributed by atoms with van der Waals surface area (Å²) < 4.78 is 0. The zero-order chi connectivity index (χ0) is 13.0. The third-order valence-corrected chi connectivity index (χ3v) is 3.31. The lowest BCUT2D eigenvalue weighted by atomic mass is 10.0. The van der Waals surface area contributed by atoms with Crippen molar-refractivity contribution in [2.75, 3.05) is 13.1 Å². The van der Waals surface area contributed by atoms with Crippen LogP contribution in [-0.2, 0) is 11.3 Å². The fourth-order valence-electron chi connectivity index (χ4n) is 2.41. The van der Waals surface area contributed by atoms with Crippen LogP contribution in [0.2, 0.25) is 0 Å². The van der Waals surface area contributed by atoms with Crippen LogP contribution < -0.4 is 5.32 Å². The average molecular weight is 246 g/mol. The summed E-state index contributed by atoms with van der Waals surface area (Å²) >= 11 is 0. The van der Waals surface area contributed by atoms with Crippen LogP contribution >= 0.6 is 0 Å². The van der Waals surface area contributed by atoms with Crippen LogP contribution in [0.25, 0.3) is 0 Å². The summed E-state index contributed by atoms with van der Waals surface area (Å²) in [6, 6.07) is 10.2. The molecule has 1 aromatic rings. The van der Waals surface area contributed by atoms with Gasteiger partial charge < -0.3 is 10.2 Å². The number of amides is 1. The fourth-order valence-corrected chi connectivity index (χ4v) is 2.41. The second-order valence-corrected chi connectivity index (χ2v) is 5.38. The van der Waals surface area contributed by atoms with Crippen LogP contribution in [0.4, 0.5) is 0 Å². The van der Waals surface area contributed by atoms with E-state index in [2.05, 4.69) is 31.3 Å². The average Bonchev–Trinajstić information content (AvgIpc) is 2.35. The van der Waals surface area contributed by atoms with Gasteiger partial charge in [0.1, 0.15) is 0 Å². The first kappa shape index (κ1) is 13.1. The van der Waals surface area contributed by atoms with Crippen LogP contribution in [0, 0.1) is 5.92 Å². The van der Waals surface area contributed by atoms with Crippen LogP contribution in [0.3, 0.4) is 0 Å². The topological polar surface area (TPSA) is 32.3 Å². The number of hydrogen-bond acceptors (Lipinski definition) is 2. The Morgan fingerprint density at radius 2 is 2.06 bits per heavy atom. The van der Waals surface area contributed by atoms with E-state index in [1.807, 2.05) is 23.1 Å². The SMILES string of the molecule is CC(C)C[C@@H]1NCCN(Cc2ccccc2)C1=O. The summed E-state index contributed by atoms with van der Waals surface area (Å²) in [5.41, 5.74) is 1.20. The summed E-state index contributed by atoms with van der Waals surface area (Å²) in [6.45, 7) is 6.75. The van der Waals surface area contributed by atoms with Crippen molar-refractivity contribution in [3.05, 3.63) is 35.9 Å². The summed E-state index contributed by atoms with van der Waals surface area (Å²) in [4.78, 5) is 14.3. The first-order valence-corrected chi connectivity index (χ1v) is 6.73. The molecular formula is C15H22N2O. The molecule has 1 aliphatic heterocycles. The van der Waals surface area contributed by atoms with Gasteiger partial charge in [-0.25, -0.2) is 0 Å². The number of nitrogens with zero attached hydrogens (tertiary/aromatic N) is 1. The quantitative estimate of drug-likeness (QED) is 0.881. The number of rotatable bonds is 4. The highest BCUT2D eigenvalue weighted by atomic mass is 16.2. The predicted octanol–water partition coefficient (Wildman–Crippen LogP) is 2.03. The van der Waals surface area contributed by atoms with Gasteiger partial charge in [-0.3, -0.25) is 4.79 Å². The highest BCUT2D eigenvalue weighted by Gasteiger charge is 2.28. The zero-order valence-corrected chi connectivity index (χ0v) is 11.2. The molecular weight excluding hydrogens is 224 g/mol. The van der Waals surface area contributed by atoms with E-state index < -0.39 is 0 Å². The molecule has 0 spiro atoms. The van der Waals surface area contributed by atoms with Crippen LogP contribution in [0.1, 0.15) is 25.8 Å². The van der Waals surface area contributed by atoms with Gasteiger partial charge in [0.25, 0.3) is 0 Å². The molecule has 0 saturated carbocycles. The molecule has 0 unspecified atom stereocenters. The minimum Gasteiger partial charge on any atom is -0.336 e. The van der Waals surface area contributed by atoms with E-state index >= 15 is 0 Å². The number of nitrogens with one attached hydrogen (secondary N) is 1. The standard InChI is InChI=1S/C15H22N2O/c1-12(2)10-14-15(18)17(9-8-16-14)11-13-6-4-3-5-7-13/h3-7,12,14,16H,8-11H2,1-2H3/t14-/m0/s1. The smallest absolute Gasteiger partial charge is 0.240 e. The maximum absolute atomic E-state index is 12.3. The molecule has 2 rings (SSSR count). The number of carbonyl (C=O) groups is 1. The van der Waals surface area contributed by atoms with Gasteiger partial charge in [-0.15, -0.1) is 0 Å². The molecule has 3 heteroatoms. The van der Waals surface area contributed by atoms with Gasteiger partial charge in [0.2, 0.25) is 5.91 Å². The van der Waals surface area contributed by atoms with Gasteiger partial charge in [0, 0.05) is 19.6 Å². The van der Waals surface area contributed by atoms with Crippen molar-refractivity contribution in [1.29, 1.82) is 0 Å². The Morgan fingerprint density at radius 1 is 1.33 bits per heavy atom. The molecule has 1 aliphatic rings. The van der Waals surface area contributed by atoms with Gasteiger partial charge in [-0.2, -0.15) is 0 Å². The molecule has 1 fully saturated rings. The highest BCUT2D eigenvalue weighted by Crippen LogP contribution is 2.13. The first-order valence-electron chi connectivity index (χ1n) is 6.73. The third-order valence-electron chi connectivity index (χ3n) is 3.31. The van der Waals surface area contributed by atoms with Crippen molar-refractivity contribution in [3.8, 4) is 0 Å². The molecule has 0 radical (unpaired) electrons. The first-order chi connectivity index (χ1) is 8.66. The van der Waals surface area contributed by atoms with E-state index in [0.29, 0.717) is 5.92 Å². The molecule has 1 heterocycles. The van der Waals surface area contributed by atoms with E-state index in [-0.39, 0.29) is 11.9 Å². The van der Waals surface area contributed by atoms with Crippen LogP contribution in [0.5, 0.6) is 0 Å². The minimum absolute atomic E-state index is 0.00228. The molecule has 1 aromatic carbocycles. The van der Waals surface area contributed by atoms with E-state index in [0.717, 1.165) is 26.1 Å². The second-order valence-electron chi connectivity index (χ2n) is 5.38. The van der Waals surface area contributed by atoms with Gasteiger partial charge >= 0.3 is 0 Å². The maximum atomic E-state index is 12.3. The minimum atomic E-state index is 0.00228. The number of hydrogen-bond donors (Lipinski definition) is 1. The molecule has 0 aliphatic carbocycles. The number of piperazine rings is 1. The maximum Gasteiger partial charge on any atom is 0.240 e. The van der Waals surface area contributed by atoms with Crippen molar-refractivity contribution >= 4 is 5.91 Å². The lowest BCUT2D eigenvalue weighted by Gasteiger charge is -2.34. The van der Waals surface area contributed by atoms with E-state index in [1.165, 1.54) is 5.56 Å². The Labute approximate surface area is 109 Å². The highest BCUT2D eigenvalue weighted by molar-refractivity contribution is 5.82. The monoisotopic (exact) mass is 246 g/mol. The summed E-state index contributed by atoms with van der Waals surface area (Å²) in [5.74, 6) is 0.793. The molecule has 1 atom stereocenters. The van der Waals surface area contributed by atoms with E-state index in [9.17, 15) is 4.79 Å². The lowest BCUT2D eigenvalue weighted by Crippen LogP contribution is -2.54. The van der Waals surface area contributed by atoms with Gasteiger partial charge in [0.05, 0.1) is 6.04 Å². The summed E-state index contributed by atoms with van der Waals surface area (Å²) in [6.07, 6.45) is 0.921. The van der Waals surface area contributed by atoms with Crippen molar-refractivity contribution in [2.24, 2.45) is 5.92 Å². The second kappa shape index (κ2) is 6.01. The summed E-state index contributed by atoms with van der Waals surface area (Å²) in [5, 5.41) is 3.32. The molecule has 0 aromatic heterocycles. The van der Waals surface area contributed by atoms with Gasteiger partial charge in [-0.05, 0) is 17.9 Å². The Bertz CT molecular complexity index is 389. The van der Waals surface area contributed by atoms with E-state index in [4.69, 9.17) is 0 Å². The van der Waals surface area contributed by atoms with Gasteiger partial charge in [0.15, 0.2) is 0 Å². The normalized spacial score (nSPS) is 20.5. The fraction of sp³-hybridized carbons (Fsp3) is 0.533. The van der Waals surface area contributed by atoms with Crippen molar-refractivity contribution in [1.82, 2.24) is 10.2 Å². The van der Waals surface area contributed by atoms with Crippen molar-refractivity contribution in [3.63, 3.8) is 0 Å². The summed E-state index contributed by atoms with van der Waals surface area (Å²) in [7, 11) is 0.